The molecule has 0 aliphatic carbocycles. The maximum atomic E-state index is 14.1. The van der Waals surface area contributed by atoms with Crippen molar-refractivity contribution in [2.24, 2.45) is 0 Å². The molecule has 0 bridgehead atoms. The molecule has 1 unspecified atom stereocenters. The van der Waals surface area contributed by atoms with Crippen LogP contribution in [0.25, 0.3) is 0 Å². The summed E-state index contributed by atoms with van der Waals surface area (Å²) < 4.78 is 42.0. The number of rotatable bonds is 5. The van der Waals surface area contributed by atoms with Gasteiger partial charge in [-0.05, 0) is 41.8 Å². The van der Waals surface area contributed by atoms with Gasteiger partial charge < -0.3 is 0 Å². The first-order valence-corrected chi connectivity index (χ1v) is 9.15. The Morgan fingerprint density at radius 2 is 1.67 bits per heavy atom. The van der Waals surface area contributed by atoms with Crippen molar-refractivity contribution < 1.29 is 18.0 Å². The van der Waals surface area contributed by atoms with Crippen LogP contribution in [0.3, 0.4) is 0 Å². The highest BCUT2D eigenvalue weighted by molar-refractivity contribution is 9.10. The lowest BCUT2D eigenvalue weighted by Gasteiger charge is -2.20. The molecule has 0 aliphatic heterocycles. The average Bonchev–Trinajstić information content (AvgIpc) is 2.64. The van der Waals surface area contributed by atoms with Gasteiger partial charge in [0, 0.05) is 22.9 Å². The van der Waals surface area contributed by atoms with Crippen molar-refractivity contribution >= 4 is 21.7 Å². The Morgan fingerprint density at radius 3 is 2.33 bits per heavy atom. The highest BCUT2D eigenvalue weighted by Crippen LogP contribution is 2.33. The van der Waals surface area contributed by atoms with E-state index < -0.39 is 28.8 Å². The zero-order chi connectivity index (χ0) is 19.6. The van der Waals surface area contributed by atoms with E-state index in [1.807, 2.05) is 55.5 Å². The molecular weight excluding hydrogens is 417 g/mol. The Hall–Kier alpha value is -2.40. The fourth-order valence-electron chi connectivity index (χ4n) is 3.13. The topological polar surface area (TPSA) is 17.1 Å². The molecule has 0 aliphatic rings. The highest BCUT2D eigenvalue weighted by Gasteiger charge is 2.24. The first kappa shape index (κ1) is 19.4. The molecular formula is C22H16BrF3O. The van der Waals surface area contributed by atoms with Crippen molar-refractivity contribution in [3.8, 4) is 0 Å². The average molecular weight is 433 g/mol. The molecule has 0 aromatic heterocycles. The minimum atomic E-state index is -1.37. The Kier molecular flexibility index (Phi) is 5.80. The summed E-state index contributed by atoms with van der Waals surface area (Å²) in [6.07, 6.45) is -0.105. The highest BCUT2D eigenvalue weighted by atomic mass is 79.9. The zero-order valence-corrected chi connectivity index (χ0v) is 16.1. The van der Waals surface area contributed by atoms with Crippen LogP contribution < -0.4 is 0 Å². The summed E-state index contributed by atoms with van der Waals surface area (Å²) in [6, 6.07) is 16.2. The standard InChI is InChI=1S/C22H16BrF3O/c1-13-4-2-3-5-17(13)18(14-6-8-15(23)9-7-14)12-21(27)19-10-16(24)11-20(25)22(19)26/h2-11,18H,12H2,1H3. The number of Topliss-reactive ketones (excluding diaryl/α,β-unsaturated/α-hetero) is 1. The van der Waals surface area contributed by atoms with Crippen LogP contribution in [0, 0.1) is 24.4 Å². The summed E-state index contributed by atoms with van der Waals surface area (Å²) in [5.74, 6) is -4.68. The summed E-state index contributed by atoms with van der Waals surface area (Å²) in [5.41, 5.74) is 2.18. The quantitative estimate of drug-likeness (QED) is 0.328. The number of hydrogen-bond acceptors (Lipinski definition) is 1. The number of halogens is 4. The third-order valence-corrected chi connectivity index (χ3v) is 5.05. The minimum absolute atomic E-state index is 0.105. The van der Waals surface area contributed by atoms with E-state index in [2.05, 4.69) is 15.9 Å². The molecule has 0 fully saturated rings. The molecule has 3 aromatic rings. The van der Waals surface area contributed by atoms with E-state index in [4.69, 9.17) is 0 Å². The fourth-order valence-corrected chi connectivity index (χ4v) is 3.40. The molecule has 138 valence electrons. The molecule has 0 spiro atoms. The first-order valence-electron chi connectivity index (χ1n) is 8.35. The molecule has 3 rings (SSSR count). The first-order chi connectivity index (χ1) is 12.9. The number of hydrogen-bond donors (Lipinski definition) is 0. The normalized spacial score (nSPS) is 12.0. The number of carbonyl (C=O) groups excluding carboxylic acids is 1. The molecule has 0 heterocycles. The van der Waals surface area contributed by atoms with Crippen molar-refractivity contribution in [1.82, 2.24) is 0 Å². The molecule has 0 saturated carbocycles. The minimum Gasteiger partial charge on any atom is -0.294 e. The van der Waals surface area contributed by atoms with E-state index in [0.29, 0.717) is 6.07 Å². The van der Waals surface area contributed by atoms with Crippen LogP contribution in [-0.2, 0) is 0 Å². The van der Waals surface area contributed by atoms with Gasteiger partial charge in [0.25, 0.3) is 0 Å². The van der Waals surface area contributed by atoms with Gasteiger partial charge in [0.2, 0.25) is 0 Å². The summed E-state index contributed by atoms with van der Waals surface area (Å²) in [7, 11) is 0. The summed E-state index contributed by atoms with van der Waals surface area (Å²) in [4.78, 5) is 12.7. The van der Waals surface area contributed by atoms with E-state index in [9.17, 15) is 18.0 Å². The fraction of sp³-hybridized carbons (Fsp3) is 0.136. The third kappa shape index (κ3) is 4.30. The van der Waals surface area contributed by atoms with E-state index in [1.54, 1.807) is 0 Å². The molecule has 27 heavy (non-hydrogen) atoms. The van der Waals surface area contributed by atoms with Crippen LogP contribution in [0.1, 0.15) is 39.4 Å². The van der Waals surface area contributed by atoms with Crippen molar-refractivity contribution in [2.45, 2.75) is 19.3 Å². The molecule has 3 aromatic carbocycles. The van der Waals surface area contributed by atoms with Gasteiger partial charge in [0.15, 0.2) is 17.4 Å². The predicted molar refractivity (Wildman–Crippen MR) is 102 cm³/mol. The monoisotopic (exact) mass is 432 g/mol. The SMILES string of the molecule is Cc1ccccc1C(CC(=O)c1cc(F)cc(F)c1F)c1ccc(Br)cc1. The molecule has 0 saturated heterocycles. The van der Waals surface area contributed by atoms with Gasteiger partial charge in [-0.2, -0.15) is 0 Å². The van der Waals surface area contributed by atoms with Crippen molar-refractivity contribution in [3.05, 3.63) is 105 Å². The van der Waals surface area contributed by atoms with E-state index in [1.165, 1.54) is 0 Å². The Morgan fingerprint density at radius 1 is 1.00 bits per heavy atom. The van der Waals surface area contributed by atoms with Crippen LogP contribution in [0.15, 0.2) is 65.1 Å². The van der Waals surface area contributed by atoms with Gasteiger partial charge in [0.05, 0.1) is 5.56 Å². The van der Waals surface area contributed by atoms with Gasteiger partial charge in [-0.1, -0.05) is 52.3 Å². The summed E-state index contributed by atoms with van der Waals surface area (Å²) in [5, 5.41) is 0. The van der Waals surface area contributed by atoms with Gasteiger partial charge in [-0.3, -0.25) is 4.79 Å². The Balaban J connectivity index is 2.03. The lowest BCUT2D eigenvalue weighted by Crippen LogP contribution is -2.13. The Labute approximate surface area is 164 Å². The summed E-state index contributed by atoms with van der Waals surface area (Å²) in [6.45, 7) is 1.92. The molecule has 0 N–H and O–H groups in total. The predicted octanol–water partition coefficient (Wildman–Crippen LogP) is 6.58. The second-order valence-electron chi connectivity index (χ2n) is 6.34. The number of carbonyl (C=O) groups is 1. The molecule has 5 heteroatoms. The molecule has 1 nitrogen and oxygen atoms in total. The lowest BCUT2D eigenvalue weighted by molar-refractivity contribution is 0.0972. The smallest absolute Gasteiger partial charge is 0.169 e. The van der Waals surface area contributed by atoms with Crippen LogP contribution in [0.2, 0.25) is 0 Å². The second-order valence-corrected chi connectivity index (χ2v) is 7.25. The lowest BCUT2D eigenvalue weighted by atomic mass is 9.83. The van der Waals surface area contributed by atoms with Gasteiger partial charge in [-0.25, -0.2) is 13.2 Å². The van der Waals surface area contributed by atoms with Gasteiger partial charge >= 0.3 is 0 Å². The number of aryl methyl sites for hydroxylation is 1. The third-order valence-electron chi connectivity index (χ3n) is 4.52. The van der Waals surface area contributed by atoms with Crippen LogP contribution in [0.5, 0.6) is 0 Å². The van der Waals surface area contributed by atoms with Crippen LogP contribution >= 0.6 is 15.9 Å². The molecule has 0 amide bonds. The number of ketones is 1. The van der Waals surface area contributed by atoms with Crippen LogP contribution in [-0.4, -0.2) is 5.78 Å². The summed E-state index contributed by atoms with van der Waals surface area (Å²) >= 11 is 3.38. The Bertz CT molecular complexity index is 983. The van der Waals surface area contributed by atoms with Crippen molar-refractivity contribution in [1.29, 1.82) is 0 Å². The van der Waals surface area contributed by atoms with Crippen molar-refractivity contribution in [2.75, 3.05) is 0 Å². The van der Waals surface area contributed by atoms with E-state index >= 15 is 0 Å². The second kappa shape index (κ2) is 8.09. The largest absolute Gasteiger partial charge is 0.294 e. The van der Waals surface area contributed by atoms with Crippen molar-refractivity contribution in [3.63, 3.8) is 0 Å². The maximum absolute atomic E-state index is 14.1. The zero-order valence-electron chi connectivity index (χ0n) is 14.5. The van der Waals surface area contributed by atoms with Gasteiger partial charge in [0.1, 0.15) is 5.82 Å². The molecule has 1 atom stereocenters. The van der Waals surface area contributed by atoms with E-state index in [-0.39, 0.29) is 12.3 Å². The van der Waals surface area contributed by atoms with Crippen LogP contribution in [0.4, 0.5) is 13.2 Å². The maximum Gasteiger partial charge on any atom is 0.169 e. The number of benzene rings is 3. The van der Waals surface area contributed by atoms with Gasteiger partial charge in [-0.15, -0.1) is 0 Å². The molecule has 0 radical (unpaired) electrons. The van der Waals surface area contributed by atoms with E-state index in [0.717, 1.165) is 27.2 Å².